The van der Waals surface area contributed by atoms with Crippen LogP contribution in [0.15, 0.2) is 0 Å². The molecule has 0 bridgehead atoms. The van der Waals surface area contributed by atoms with Crippen LogP contribution in [0.1, 0.15) is 32.1 Å². The summed E-state index contributed by atoms with van der Waals surface area (Å²) in [4.78, 5) is 11.6. The third kappa shape index (κ3) is 3.23. The molecule has 0 aliphatic heterocycles. The zero-order valence-electron chi connectivity index (χ0n) is 9.29. The molecule has 8 heteroatoms. The van der Waals surface area contributed by atoms with E-state index >= 15 is 0 Å². The third-order valence-corrected chi connectivity index (χ3v) is 3.60. The van der Waals surface area contributed by atoms with Crippen LogP contribution in [0.3, 0.4) is 0 Å². The molecule has 1 aliphatic rings. The fourth-order valence-electron chi connectivity index (χ4n) is 1.36. The van der Waals surface area contributed by atoms with Crippen molar-refractivity contribution in [3.8, 4) is 12.3 Å². The van der Waals surface area contributed by atoms with Gasteiger partial charge in [0, 0.05) is 12.8 Å². The Morgan fingerprint density at radius 2 is 1.94 bits per heavy atom. The molecule has 4 nitrogen and oxygen atoms in total. The first-order valence-electron chi connectivity index (χ1n) is 5.13. The first-order valence-corrected chi connectivity index (χ1v) is 6.54. The summed E-state index contributed by atoms with van der Waals surface area (Å²) in [6.07, 6.45) is 5.44. The van der Waals surface area contributed by atoms with E-state index in [1.165, 1.54) is 0 Å². The van der Waals surface area contributed by atoms with E-state index in [1.807, 2.05) is 0 Å². The Morgan fingerprint density at radius 1 is 1.39 bits per heavy atom. The van der Waals surface area contributed by atoms with Crippen molar-refractivity contribution in [1.29, 1.82) is 0 Å². The van der Waals surface area contributed by atoms with Gasteiger partial charge in [0.1, 0.15) is 5.60 Å². The van der Waals surface area contributed by atoms with E-state index in [0.717, 1.165) is 0 Å². The third-order valence-electron chi connectivity index (χ3n) is 2.49. The van der Waals surface area contributed by atoms with Crippen molar-refractivity contribution in [1.82, 2.24) is 0 Å². The number of rotatable bonds is 6. The molecule has 0 atom stereocenters. The highest BCUT2D eigenvalue weighted by Crippen LogP contribution is 2.45. The Morgan fingerprint density at radius 3 is 2.33 bits per heavy atom. The van der Waals surface area contributed by atoms with Crippen LogP contribution in [0.2, 0.25) is 0 Å². The van der Waals surface area contributed by atoms with Crippen molar-refractivity contribution in [2.75, 3.05) is 0 Å². The molecule has 0 saturated heterocycles. The number of hydrogen-bond acceptors (Lipinski definition) is 4. The van der Waals surface area contributed by atoms with Crippen molar-refractivity contribution in [2.45, 2.75) is 43.2 Å². The fourth-order valence-corrected chi connectivity index (χ4v) is 2.13. The fraction of sp³-hybridized carbons (Fsp3) is 0.700. The lowest BCUT2D eigenvalue weighted by Crippen LogP contribution is -2.35. The molecule has 1 saturated carbocycles. The lowest BCUT2D eigenvalue weighted by Gasteiger charge is -2.16. The van der Waals surface area contributed by atoms with Crippen molar-refractivity contribution in [2.24, 2.45) is 0 Å². The minimum absolute atomic E-state index is 0.0167. The molecule has 0 aromatic heterocycles. The van der Waals surface area contributed by atoms with E-state index < -0.39 is 27.0 Å². The van der Waals surface area contributed by atoms with Gasteiger partial charge in [-0.05, 0) is 19.3 Å². The molecule has 102 valence electrons. The van der Waals surface area contributed by atoms with Crippen molar-refractivity contribution in [3.05, 3.63) is 0 Å². The SMILES string of the molecule is C#CCCCC(=O)C1(OS(=O)(=O)C(F)(F)F)CC1. The molecule has 0 radical (unpaired) electrons. The Hall–Kier alpha value is -1.07. The van der Waals surface area contributed by atoms with Gasteiger partial charge >= 0.3 is 15.6 Å². The molecule has 0 heterocycles. The van der Waals surface area contributed by atoms with Gasteiger partial charge in [-0.25, -0.2) is 4.18 Å². The number of terminal acetylenes is 1. The van der Waals surface area contributed by atoms with Crippen LogP contribution in [0.25, 0.3) is 0 Å². The topological polar surface area (TPSA) is 60.4 Å². The van der Waals surface area contributed by atoms with E-state index in [9.17, 15) is 26.4 Å². The highest BCUT2D eigenvalue weighted by molar-refractivity contribution is 7.87. The molecule has 1 aliphatic carbocycles. The predicted molar refractivity (Wildman–Crippen MR) is 55.7 cm³/mol. The van der Waals surface area contributed by atoms with Gasteiger partial charge < -0.3 is 0 Å². The molecular weight excluding hydrogens is 273 g/mol. The molecule has 1 rings (SSSR count). The maximum absolute atomic E-state index is 12.1. The monoisotopic (exact) mass is 284 g/mol. The van der Waals surface area contributed by atoms with Gasteiger partial charge in [-0.1, -0.05) is 0 Å². The minimum atomic E-state index is -5.73. The number of halogens is 3. The summed E-state index contributed by atoms with van der Waals surface area (Å²) in [6.45, 7) is 0. The number of carbonyl (C=O) groups is 1. The lowest BCUT2D eigenvalue weighted by molar-refractivity contribution is -0.128. The van der Waals surface area contributed by atoms with Crippen molar-refractivity contribution >= 4 is 15.9 Å². The second-order valence-electron chi connectivity index (χ2n) is 3.96. The largest absolute Gasteiger partial charge is 0.523 e. The summed E-state index contributed by atoms with van der Waals surface area (Å²) in [5.41, 5.74) is -7.33. The molecule has 0 N–H and O–H groups in total. The number of Topliss-reactive ketones (excluding diaryl/α,β-unsaturated/α-hetero) is 1. The lowest BCUT2D eigenvalue weighted by atomic mass is 10.1. The first kappa shape index (κ1) is 15.0. The predicted octanol–water partition coefficient (Wildman–Crippen LogP) is 1.76. The van der Waals surface area contributed by atoms with Gasteiger partial charge in [0.05, 0.1) is 0 Å². The van der Waals surface area contributed by atoms with E-state index in [4.69, 9.17) is 6.42 Å². The Kier molecular flexibility index (Phi) is 4.08. The second kappa shape index (κ2) is 4.90. The van der Waals surface area contributed by atoms with Crippen LogP contribution in [-0.2, 0) is 19.1 Å². The summed E-state index contributed by atoms with van der Waals surface area (Å²) in [6, 6.07) is 0. The van der Waals surface area contributed by atoms with E-state index in [-0.39, 0.29) is 19.3 Å². The number of alkyl halides is 3. The molecule has 0 aromatic carbocycles. The summed E-state index contributed by atoms with van der Waals surface area (Å²) >= 11 is 0. The van der Waals surface area contributed by atoms with E-state index in [2.05, 4.69) is 10.1 Å². The Balaban J connectivity index is 2.67. The maximum Gasteiger partial charge on any atom is 0.523 e. The molecule has 0 unspecified atom stereocenters. The summed E-state index contributed by atoms with van der Waals surface area (Å²) < 4.78 is 62.0. The maximum atomic E-state index is 12.1. The van der Waals surface area contributed by atoms with Gasteiger partial charge in [-0.3, -0.25) is 4.79 Å². The summed E-state index contributed by atoms with van der Waals surface area (Å²) in [5, 5.41) is 0. The molecule has 1 fully saturated rings. The Bertz CT molecular complexity index is 468. The van der Waals surface area contributed by atoms with Crippen LogP contribution in [0, 0.1) is 12.3 Å². The van der Waals surface area contributed by atoms with Gasteiger partial charge in [0.2, 0.25) is 0 Å². The molecular formula is C10H11F3O4S. The molecule has 0 aromatic rings. The van der Waals surface area contributed by atoms with Crippen LogP contribution in [0.4, 0.5) is 13.2 Å². The summed E-state index contributed by atoms with van der Waals surface area (Å²) in [5.74, 6) is 1.63. The highest BCUT2D eigenvalue weighted by Gasteiger charge is 2.59. The summed E-state index contributed by atoms with van der Waals surface area (Å²) in [7, 11) is -5.73. The van der Waals surface area contributed by atoms with Crippen LogP contribution in [-0.4, -0.2) is 25.3 Å². The standard InChI is InChI=1S/C10H11F3O4S/c1-2-3-4-5-8(14)9(6-7-9)17-18(15,16)10(11,12)13/h1H,3-7H2. The zero-order chi connectivity index (χ0) is 14.0. The van der Waals surface area contributed by atoms with Gasteiger partial charge in [-0.2, -0.15) is 21.6 Å². The van der Waals surface area contributed by atoms with Gasteiger partial charge in [0.25, 0.3) is 0 Å². The van der Waals surface area contributed by atoms with Crippen LogP contribution in [0.5, 0.6) is 0 Å². The van der Waals surface area contributed by atoms with E-state index in [1.54, 1.807) is 0 Å². The quantitative estimate of drug-likeness (QED) is 0.323. The van der Waals surface area contributed by atoms with Crippen molar-refractivity contribution in [3.63, 3.8) is 0 Å². The average Bonchev–Trinajstić information content (AvgIpc) is 2.96. The van der Waals surface area contributed by atoms with Gasteiger partial charge in [0.15, 0.2) is 5.78 Å². The van der Waals surface area contributed by atoms with Crippen LogP contribution >= 0.6 is 0 Å². The van der Waals surface area contributed by atoms with Gasteiger partial charge in [-0.15, -0.1) is 12.3 Å². The Labute approximate surface area is 103 Å². The minimum Gasteiger partial charge on any atom is -0.296 e. The van der Waals surface area contributed by atoms with Crippen LogP contribution < -0.4 is 0 Å². The molecule has 18 heavy (non-hydrogen) atoms. The first-order chi connectivity index (χ1) is 8.15. The number of hydrogen-bond donors (Lipinski definition) is 0. The molecule has 0 amide bonds. The van der Waals surface area contributed by atoms with Crippen molar-refractivity contribution < 1.29 is 30.6 Å². The zero-order valence-corrected chi connectivity index (χ0v) is 10.1. The smallest absolute Gasteiger partial charge is 0.296 e. The normalized spacial score (nSPS) is 18.1. The van der Waals surface area contributed by atoms with E-state index in [0.29, 0.717) is 12.8 Å². The second-order valence-corrected chi connectivity index (χ2v) is 5.50. The number of unbranched alkanes of at least 4 members (excludes halogenated alkanes) is 1. The number of ketones is 1. The number of carbonyl (C=O) groups excluding carboxylic acids is 1. The average molecular weight is 284 g/mol. The highest BCUT2D eigenvalue weighted by atomic mass is 32.2. The molecule has 0 spiro atoms.